The highest BCUT2D eigenvalue weighted by atomic mass is 35.5. The Balaban J connectivity index is 1.84. The quantitative estimate of drug-likeness (QED) is 0.508. The van der Waals surface area contributed by atoms with Crippen LogP contribution in [0, 0.1) is 10.1 Å². The number of alkyl halides is 1. The van der Waals surface area contributed by atoms with Gasteiger partial charge in [-0.3, -0.25) is 10.1 Å². The first-order valence-corrected chi connectivity index (χ1v) is 6.10. The summed E-state index contributed by atoms with van der Waals surface area (Å²) < 4.78 is 0. The van der Waals surface area contributed by atoms with E-state index in [2.05, 4.69) is 15.3 Å². The number of hydrogen-bond acceptors (Lipinski definition) is 4. The zero-order valence-corrected chi connectivity index (χ0v) is 10.1. The van der Waals surface area contributed by atoms with E-state index in [1.165, 1.54) is 12.1 Å². The number of rotatable bonds is 3. The maximum absolute atomic E-state index is 10.7. The summed E-state index contributed by atoms with van der Waals surface area (Å²) >= 11 is 5.90. The number of nitro groups is 1. The van der Waals surface area contributed by atoms with Gasteiger partial charge in [0.25, 0.3) is 5.69 Å². The van der Waals surface area contributed by atoms with Gasteiger partial charge in [0.1, 0.15) is 0 Å². The normalized spacial score (nSPS) is 22.7. The molecule has 0 radical (unpaired) electrons. The van der Waals surface area contributed by atoms with E-state index in [4.69, 9.17) is 11.6 Å². The number of non-ortho nitro benzene ring substituents is 1. The largest absolute Gasteiger partial charge is 0.353 e. The van der Waals surface area contributed by atoms with Crippen LogP contribution in [0.4, 0.5) is 11.6 Å². The van der Waals surface area contributed by atoms with Gasteiger partial charge in [-0.2, -0.15) is 0 Å². The molecule has 3 rings (SSSR count). The van der Waals surface area contributed by atoms with Gasteiger partial charge in [0.15, 0.2) is 0 Å². The van der Waals surface area contributed by atoms with E-state index in [0.717, 1.165) is 12.8 Å². The number of nitro benzene ring substituents is 1. The molecule has 18 heavy (non-hydrogen) atoms. The molecule has 1 saturated carbocycles. The third kappa shape index (κ3) is 1.99. The lowest BCUT2D eigenvalue weighted by Gasteiger charge is -2.31. The lowest BCUT2D eigenvalue weighted by Crippen LogP contribution is -2.36. The van der Waals surface area contributed by atoms with Crippen molar-refractivity contribution in [1.82, 2.24) is 9.97 Å². The van der Waals surface area contributed by atoms with Crippen LogP contribution < -0.4 is 5.32 Å². The summed E-state index contributed by atoms with van der Waals surface area (Å²) in [7, 11) is 0. The molecule has 0 unspecified atom stereocenters. The number of benzene rings is 1. The molecule has 94 valence electrons. The minimum atomic E-state index is -0.419. The van der Waals surface area contributed by atoms with Crippen molar-refractivity contribution in [3.05, 3.63) is 28.3 Å². The SMILES string of the molecule is O=[N+]([O-])c1ccc2nc(NC3CC(Cl)C3)[nH]c2c1. The number of anilines is 1. The first-order chi connectivity index (χ1) is 8.61. The highest BCUT2D eigenvalue weighted by molar-refractivity contribution is 6.21. The Bertz CT molecular complexity index is 606. The van der Waals surface area contributed by atoms with Gasteiger partial charge < -0.3 is 10.3 Å². The molecule has 0 bridgehead atoms. The molecule has 0 spiro atoms. The number of fused-ring (bicyclic) bond motifs is 1. The van der Waals surface area contributed by atoms with Crippen molar-refractivity contribution in [3.63, 3.8) is 0 Å². The summed E-state index contributed by atoms with van der Waals surface area (Å²) in [5.74, 6) is 0.638. The lowest BCUT2D eigenvalue weighted by atomic mass is 9.93. The molecule has 1 fully saturated rings. The zero-order valence-electron chi connectivity index (χ0n) is 9.39. The van der Waals surface area contributed by atoms with Crippen LogP contribution in [0.2, 0.25) is 0 Å². The van der Waals surface area contributed by atoms with Crippen LogP contribution in [0.1, 0.15) is 12.8 Å². The minimum Gasteiger partial charge on any atom is -0.353 e. The van der Waals surface area contributed by atoms with E-state index >= 15 is 0 Å². The molecule has 0 atom stereocenters. The Kier molecular flexibility index (Phi) is 2.59. The Morgan fingerprint density at radius 3 is 2.94 bits per heavy atom. The van der Waals surface area contributed by atoms with Gasteiger partial charge in [-0.25, -0.2) is 4.98 Å². The molecule has 0 saturated heterocycles. The molecule has 0 aliphatic heterocycles. The van der Waals surface area contributed by atoms with Gasteiger partial charge in [-0.05, 0) is 18.9 Å². The fraction of sp³-hybridized carbons (Fsp3) is 0.364. The second-order valence-electron chi connectivity index (χ2n) is 4.45. The number of nitrogens with zero attached hydrogens (tertiary/aromatic N) is 2. The lowest BCUT2D eigenvalue weighted by molar-refractivity contribution is -0.384. The van der Waals surface area contributed by atoms with E-state index < -0.39 is 4.92 Å². The van der Waals surface area contributed by atoms with Crippen LogP contribution in [0.5, 0.6) is 0 Å². The first-order valence-electron chi connectivity index (χ1n) is 5.66. The minimum absolute atomic E-state index is 0.0576. The van der Waals surface area contributed by atoms with Crippen LogP contribution in [-0.4, -0.2) is 26.3 Å². The molecular weight excluding hydrogens is 256 g/mol. The Morgan fingerprint density at radius 2 is 2.28 bits per heavy atom. The maximum atomic E-state index is 10.7. The molecule has 1 aliphatic carbocycles. The van der Waals surface area contributed by atoms with Crippen molar-refractivity contribution in [2.45, 2.75) is 24.3 Å². The second kappa shape index (κ2) is 4.13. The first kappa shape index (κ1) is 11.3. The van der Waals surface area contributed by atoms with Crippen LogP contribution in [0.3, 0.4) is 0 Å². The second-order valence-corrected chi connectivity index (χ2v) is 5.07. The van der Waals surface area contributed by atoms with Crippen LogP contribution in [0.25, 0.3) is 11.0 Å². The molecule has 2 aromatic rings. The fourth-order valence-corrected chi connectivity index (χ4v) is 2.47. The number of imidazole rings is 1. The number of aromatic nitrogens is 2. The molecule has 2 N–H and O–H groups in total. The molecule has 1 aromatic heterocycles. The summed E-state index contributed by atoms with van der Waals surface area (Å²) in [6.07, 6.45) is 1.83. The fourth-order valence-electron chi connectivity index (χ4n) is 2.04. The average Bonchev–Trinajstić information content (AvgIpc) is 2.67. The van der Waals surface area contributed by atoms with Gasteiger partial charge in [0, 0.05) is 23.6 Å². The van der Waals surface area contributed by atoms with Crippen molar-refractivity contribution in [3.8, 4) is 0 Å². The van der Waals surface area contributed by atoms with Gasteiger partial charge in [0.2, 0.25) is 5.95 Å². The molecule has 1 heterocycles. The Morgan fingerprint density at radius 1 is 1.50 bits per heavy atom. The highest BCUT2D eigenvalue weighted by Gasteiger charge is 2.27. The molecular formula is C11H11ClN4O2. The van der Waals surface area contributed by atoms with E-state index in [9.17, 15) is 10.1 Å². The topological polar surface area (TPSA) is 83.8 Å². The van der Waals surface area contributed by atoms with Gasteiger partial charge in [-0.1, -0.05) is 0 Å². The van der Waals surface area contributed by atoms with Crippen LogP contribution in [-0.2, 0) is 0 Å². The van der Waals surface area contributed by atoms with E-state index in [1.807, 2.05) is 0 Å². The standard InChI is InChI=1S/C11H11ClN4O2/c12-6-3-7(4-6)13-11-14-9-2-1-8(16(17)18)5-10(9)15-11/h1-2,5-7H,3-4H2,(H2,13,14,15). The van der Waals surface area contributed by atoms with Crippen molar-refractivity contribution < 1.29 is 4.92 Å². The Hall–Kier alpha value is -1.82. The molecule has 7 heteroatoms. The third-order valence-electron chi connectivity index (χ3n) is 3.10. The van der Waals surface area contributed by atoms with Gasteiger partial charge in [-0.15, -0.1) is 11.6 Å². The number of nitrogens with one attached hydrogen (secondary N) is 2. The number of H-pyrrole nitrogens is 1. The summed E-state index contributed by atoms with van der Waals surface area (Å²) in [6.45, 7) is 0. The smallest absolute Gasteiger partial charge is 0.271 e. The van der Waals surface area contributed by atoms with Crippen LogP contribution >= 0.6 is 11.6 Å². The summed E-state index contributed by atoms with van der Waals surface area (Å²) in [5.41, 5.74) is 1.43. The van der Waals surface area contributed by atoms with E-state index in [-0.39, 0.29) is 11.1 Å². The number of halogens is 1. The third-order valence-corrected chi connectivity index (χ3v) is 3.45. The monoisotopic (exact) mass is 266 g/mol. The maximum Gasteiger partial charge on any atom is 0.271 e. The molecule has 0 amide bonds. The van der Waals surface area contributed by atoms with Gasteiger partial charge in [0.05, 0.1) is 16.0 Å². The van der Waals surface area contributed by atoms with Crippen molar-refractivity contribution in [2.75, 3.05) is 5.32 Å². The van der Waals surface area contributed by atoms with E-state index in [0.29, 0.717) is 23.0 Å². The van der Waals surface area contributed by atoms with Crippen molar-refractivity contribution >= 4 is 34.3 Å². The molecule has 1 aliphatic rings. The summed E-state index contributed by atoms with van der Waals surface area (Å²) in [4.78, 5) is 17.6. The predicted octanol–water partition coefficient (Wildman–Crippen LogP) is 2.65. The van der Waals surface area contributed by atoms with E-state index in [1.54, 1.807) is 6.07 Å². The van der Waals surface area contributed by atoms with Crippen molar-refractivity contribution in [1.29, 1.82) is 0 Å². The van der Waals surface area contributed by atoms with Gasteiger partial charge >= 0.3 is 0 Å². The molecule has 1 aromatic carbocycles. The van der Waals surface area contributed by atoms with Crippen LogP contribution in [0.15, 0.2) is 18.2 Å². The average molecular weight is 267 g/mol. The van der Waals surface area contributed by atoms with Crippen molar-refractivity contribution in [2.24, 2.45) is 0 Å². The zero-order chi connectivity index (χ0) is 12.7. The predicted molar refractivity (Wildman–Crippen MR) is 69.0 cm³/mol. The highest BCUT2D eigenvalue weighted by Crippen LogP contribution is 2.28. The number of aromatic amines is 1. The summed E-state index contributed by atoms with van der Waals surface area (Å²) in [6, 6.07) is 4.91. The summed E-state index contributed by atoms with van der Waals surface area (Å²) in [5, 5.41) is 14.1. The Labute approximate surface area is 108 Å². The molecule has 6 nitrogen and oxygen atoms in total. The number of hydrogen-bond donors (Lipinski definition) is 2.